The average Bonchev–Trinajstić information content (AvgIpc) is 3.38. The molecular formula is C42H50BNO8Si. The quantitative estimate of drug-likeness (QED) is 0.149. The first-order chi connectivity index (χ1) is 25.2. The van der Waals surface area contributed by atoms with E-state index in [9.17, 15) is 24.5 Å². The summed E-state index contributed by atoms with van der Waals surface area (Å²) in [5.74, 6) is -3.03. The highest BCUT2D eigenvalue weighted by Crippen LogP contribution is 2.51. The number of allylic oxidation sites excluding steroid dienone is 1. The van der Waals surface area contributed by atoms with Crippen LogP contribution in [0.4, 0.5) is 4.79 Å². The van der Waals surface area contributed by atoms with Crippen molar-refractivity contribution in [3.63, 3.8) is 0 Å². The Morgan fingerprint density at radius 2 is 1.57 bits per heavy atom. The molecule has 0 saturated carbocycles. The fraction of sp³-hybridized carbons (Fsp3) is 0.405. The standard InChI is InChI=1S/C42H50BNO8Si/c1-26(20-29-21-27(2)38(45)28(3)22-29)18-19-35-36-30(23-33-37(34(36)24-43(49)52-35)40(47)44(39(33)46)41(48)50-7)25-51-53(42(4,5)6,31-14-10-8-11-15-31)32-16-12-9-13-17-32/h8-17,20-22,33-35,37,45,49H,18-19,23-25H2,1-7H3/b26-20+/t33-,34+,35-,37-/m1/s1. The lowest BCUT2D eigenvalue weighted by Gasteiger charge is -2.46. The number of rotatable bonds is 9. The van der Waals surface area contributed by atoms with Gasteiger partial charge in [0.2, 0.25) is 11.8 Å². The van der Waals surface area contributed by atoms with E-state index in [4.69, 9.17) is 13.8 Å². The Labute approximate surface area is 313 Å². The van der Waals surface area contributed by atoms with Crippen LogP contribution in [-0.4, -0.2) is 68.2 Å². The Kier molecular flexibility index (Phi) is 11.0. The van der Waals surface area contributed by atoms with Gasteiger partial charge in [0.05, 0.1) is 31.7 Å². The van der Waals surface area contributed by atoms with Crippen LogP contribution in [0.25, 0.3) is 6.08 Å². The Balaban J connectivity index is 1.42. The predicted molar refractivity (Wildman–Crippen MR) is 208 cm³/mol. The van der Waals surface area contributed by atoms with Gasteiger partial charge in [0.25, 0.3) is 8.32 Å². The van der Waals surface area contributed by atoms with Crippen molar-refractivity contribution >= 4 is 49.8 Å². The molecule has 0 aromatic heterocycles. The number of nitrogens with zero attached hydrogens (tertiary/aromatic N) is 1. The number of benzene rings is 3. The minimum absolute atomic E-state index is 0.116. The van der Waals surface area contributed by atoms with Crippen molar-refractivity contribution in [2.24, 2.45) is 17.8 Å². The second kappa shape index (κ2) is 15.2. The van der Waals surface area contributed by atoms with Gasteiger partial charge in [0.15, 0.2) is 0 Å². The van der Waals surface area contributed by atoms with Crippen LogP contribution in [-0.2, 0) is 23.4 Å². The van der Waals surface area contributed by atoms with E-state index in [1.165, 1.54) is 0 Å². The molecule has 0 unspecified atom stereocenters. The van der Waals surface area contributed by atoms with Gasteiger partial charge in [-0.1, -0.05) is 93.1 Å². The summed E-state index contributed by atoms with van der Waals surface area (Å²) >= 11 is 0. The van der Waals surface area contributed by atoms with Crippen molar-refractivity contribution in [2.75, 3.05) is 13.7 Å². The van der Waals surface area contributed by atoms with E-state index in [0.29, 0.717) is 17.7 Å². The van der Waals surface area contributed by atoms with Gasteiger partial charge in [0, 0.05) is 0 Å². The Morgan fingerprint density at radius 1 is 0.981 bits per heavy atom. The van der Waals surface area contributed by atoms with Crippen LogP contribution in [0.5, 0.6) is 5.75 Å². The fourth-order valence-electron chi connectivity index (χ4n) is 8.91. The molecule has 11 heteroatoms. The zero-order valence-corrected chi connectivity index (χ0v) is 32.7. The van der Waals surface area contributed by atoms with Crippen LogP contribution in [0.2, 0.25) is 11.4 Å². The summed E-state index contributed by atoms with van der Waals surface area (Å²) in [5.41, 5.74) is 5.42. The third-order valence-electron chi connectivity index (χ3n) is 11.3. The molecule has 0 spiro atoms. The highest BCUT2D eigenvalue weighted by molar-refractivity contribution is 6.99. The summed E-state index contributed by atoms with van der Waals surface area (Å²) in [5, 5.41) is 23.4. The van der Waals surface area contributed by atoms with E-state index in [1.54, 1.807) is 0 Å². The van der Waals surface area contributed by atoms with Crippen molar-refractivity contribution in [1.82, 2.24) is 4.90 Å². The maximum atomic E-state index is 13.9. The SMILES string of the molecule is COC(=O)N1C(=O)[C@@H]2[C@@H](CC(CO[Si](c3ccccc3)(c3ccccc3)C(C)(C)C)=C3[C@@H](CC/C(C)=C/c4cc(C)c(O)c(C)c4)OB(O)C[C@@H]32)C1=O. The number of carbonyl (C=O) groups is 3. The molecule has 2 heterocycles. The zero-order valence-electron chi connectivity index (χ0n) is 31.7. The third kappa shape index (κ3) is 7.20. The lowest BCUT2D eigenvalue weighted by molar-refractivity contribution is -0.137. The van der Waals surface area contributed by atoms with Gasteiger partial charge in [-0.15, -0.1) is 0 Å². The van der Waals surface area contributed by atoms with Gasteiger partial charge < -0.3 is 23.9 Å². The maximum Gasteiger partial charge on any atom is 0.455 e. The van der Waals surface area contributed by atoms with Gasteiger partial charge in [-0.05, 0) is 108 Å². The number of carbonyl (C=O) groups excluding carboxylic acids is 3. The first kappa shape index (κ1) is 38.4. The van der Waals surface area contributed by atoms with Crippen LogP contribution in [0.15, 0.2) is 89.5 Å². The van der Waals surface area contributed by atoms with E-state index in [-0.39, 0.29) is 30.1 Å². The molecule has 2 saturated heterocycles. The number of likely N-dealkylation sites (tertiary alicyclic amines) is 1. The summed E-state index contributed by atoms with van der Waals surface area (Å²) in [6, 6.07) is 24.5. The highest BCUT2D eigenvalue weighted by atomic mass is 28.4. The van der Waals surface area contributed by atoms with Crippen LogP contribution >= 0.6 is 0 Å². The minimum Gasteiger partial charge on any atom is -0.507 e. The molecule has 2 N–H and O–H groups in total. The molecule has 0 bridgehead atoms. The molecule has 3 aromatic carbocycles. The number of fused-ring (bicyclic) bond motifs is 3. The van der Waals surface area contributed by atoms with Crippen LogP contribution in [0.1, 0.15) is 63.6 Å². The number of amides is 3. The third-order valence-corrected chi connectivity index (χ3v) is 16.3. The molecule has 278 valence electrons. The largest absolute Gasteiger partial charge is 0.507 e. The Bertz CT molecular complexity index is 1880. The predicted octanol–water partition coefficient (Wildman–Crippen LogP) is 6.33. The van der Waals surface area contributed by atoms with E-state index in [1.807, 2.05) is 69.3 Å². The minimum atomic E-state index is -3.01. The molecule has 1 aliphatic carbocycles. The summed E-state index contributed by atoms with van der Waals surface area (Å²) in [7, 11) is -3.01. The maximum absolute atomic E-state index is 13.9. The number of aromatic hydroxyl groups is 1. The number of phenolic OH excluding ortho intramolecular Hbond substituents is 1. The molecule has 4 atom stereocenters. The molecule has 2 fully saturated rings. The van der Waals surface area contributed by atoms with Crippen LogP contribution < -0.4 is 10.4 Å². The molecule has 3 aromatic rings. The number of imide groups is 3. The normalized spacial score (nSPS) is 22.2. The molecule has 0 radical (unpaired) electrons. The lowest BCUT2D eigenvalue weighted by Crippen LogP contribution is -2.66. The summed E-state index contributed by atoms with van der Waals surface area (Å²) < 4.78 is 18.6. The summed E-state index contributed by atoms with van der Waals surface area (Å²) in [6.07, 6.45) is 2.03. The van der Waals surface area contributed by atoms with Crippen LogP contribution in [0.3, 0.4) is 0 Å². The second-order valence-electron chi connectivity index (χ2n) is 15.8. The molecule has 6 rings (SSSR count). The van der Waals surface area contributed by atoms with Crippen molar-refractivity contribution in [3.05, 3.63) is 106 Å². The molecule has 9 nitrogen and oxygen atoms in total. The first-order valence-corrected chi connectivity index (χ1v) is 20.3. The van der Waals surface area contributed by atoms with Crippen molar-refractivity contribution in [3.8, 4) is 5.75 Å². The smallest absolute Gasteiger partial charge is 0.455 e. The van der Waals surface area contributed by atoms with Crippen LogP contribution in [0, 0.1) is 31.6 Å². The second-order valence-corrected chi connectivity index (χ2v) is 20.1. The van der Waals surface area contributed by atoms with Gasteiger partial charge in [0.1, 0.15) is 5.75 Å². The highest BCUT2D eigenvalue weighted by Gasteiger charge is 2.59. The molecule has 3 amide bonds. The van der Waals surface area contributed by atoms with Crippen molar-refractivity contribution in [1.29, 1.82) is 0 Å². The topological polar surface area (TPSA) is 123 Å². The molecule has 53 heavy (non-hydrogen) atoms. The molecule has 3 aliphatic rings. The number of ether oxygens (including phenoxy) is 1. The van der Waals surface area contributed by atoms with Gasteiger partial charge >= 0.3 is 13.2 Å². The monoisotopic (exact) mass is 735 g/mol. The average molecular weight is 736 g/mol. The number of methoxy groups -OCH3 is 1. The Hall–Kier alpha value is -4.29. The summed E-state index contributed by atoms with van der Waals surface area (Å²) in [6.45, 7) is 12.6. The van der Waals surface area contributed by atoms with E-state index < -0.39 is 57.2 Å². The van der Waals surface area contributed by atoms with Crippen molar-refractivity contribution in [2.45, 2.75) is 78.3 Å². The number of phenols is 1. The number of hydrogen-bond acceptors (Lipinski definition) is 8. The molecular weight excluding hydrogens is 685 g/mol. The zero-order chi connectivity index (χ0) is 38.2. The number of hydrogen-bond donors (Lipinski definition) is 2. The summed E-state index contributed by atoms with van der Waals surface area (Å²) in [4.78, 5) is 41.1. The fourth-order valence-corrected chi connectivity index (χ4v) is 13.5. The first-order valence-electron chi connectivity index (χ1n) is 18.4. The van der Waals surface area contributed by atoms with E-state index in [2.05, 4.69) is 51.1 Å². The lowest BCUT2D eigenvalue weighted by atomic mass is 9.58. The Morgan fingerprint density at radius 3 is 2.11 bits per heavy atom. The van der Waals surface area contributed by atoms with Gasteiger partial charge in [-0.2, -0.15) is 4.90 Å². The van der Waals surface area contributed by atoms with Gasteiger partial charge in [-0.3, -0.25) is 9.59 Å². The van der Waals surface area contributed by atoms with Crippen molar-refractivity contribution < 1.29 is 38.3 Å². The van der Waals surface area contributed by atoms with Gasteiger partial charge in [-0.25, -0.2) is 4.79 Å². The van der Waals surface area contributed by atoms with E-state index >= 15 is 0 Å². The van der Waals surface area contributed by atoms with E-state index in [0.717, 1.165) is 50.9 Å². The number of aryl methyl sites for hydroxylation is 2. The molecule has 2 aliphatic heterocycles.